The van der Waals surface area contributed by atoms with Crippen molar-refractivity contribution in [2.24, 2.45) is 16.1 Å². The molecule has 1 N–H and O–H groups in total. The van der Waals surface area contributed by atoms with Crippen LogP contribution in [0.4, 0.5) is 4.79 Å². The van der Waals surface area contributed by atoms with Crippen LogP contribution in [0.5, 0.6) is 0 Å². The number of hydrogen-bond acceptors (Lipinski definition) is 5. The Kier molecular flexibility index (Phi) is 4.15. The zero-order valence-corrected chi connectivity index (χ0v) is 14.2. The molecule has 25 heavy (non-hydrogen) atoms. The van der Waals surface area contributed by atoms with Gasteiger partial charge in [-0.05, 0) is 32.6 Å². The largest absolute Gasteiger partial charge is 0.450 e. The second-order valence-corrected chi connectivity index (χ2v) is 6.87. The number of fused-ring (bicyclic) bond motifs is 3. The fourth-order valence-corrected chi connectivity index (χ4v) is 4.30. The lowest BCUT2D eigenvalue weighted by Gasteiger charge is -2.39. The van der Waals surface area contributed by atoms with Crippen molar-refractivity contribution in [1.82, 2.24) is 10.2 Å². The van der Waals surface area contributed by atoms with Crippen LogP contribution < -0.4 is 5.32 Å². The molecule has 4 aliphatic rings. The third-order valence-corrected chi connectivity index (χ3v) is 5.37. The Labute approximate surface area is 146 Å². The first-order valence-corrected chi connectivity index (χ1v) is 8.93. The molecule has 0 spiro atoms. The van der Waals surface area contributed by atoms with E-state index >= 15 is 0 Å². The number of carbonyl (C=O) groups excluding carboxylic acids is 2. The predicted octanol–water partition coefficient (Wildman–Crippen LogP) is 2.67. The molecule has 0 saturated carbocycles. The molecule has 7 heteroatoms. The quantitative estimate of drug-likeness (QED) is 0.855. The van der Waals surface area contributed by atoms with Crippen LogP contribution in [0, 0.1) is 5.92 Å². The van der Waals surface area contributed by atoms with Crippen molar-refractivity contribution in [1.29, 1.82) is 0 Å². The number of nitrogens with one attached hydrogen (secondary N) is 1. The van der Waals surface area contributed by atoms with Gasteiger partial charge in [0.2, 0.25) is 0 Å². The number of allylic oxidation sites excluding steroid dienone is 3. The zero-order chi connectivity index (χ0) is 17.4. The third kappa shape index (κ3) is 2.88. The average molecular weight is 342 g/mol. The van der Waals surface area contributed by atoms with E-state index < -0.39 is 0 Å². The minimum Gasteiger partial charge on any atom is -0.450 e. The van der Waals surface area contributed by atoms with Gasteiger partial charge >= 0.3 is 6.09 Å². The molecule has 2 saturated heterocycles. The monoisotopic (exact) mass is 342 g/mol. The van der Waals surface area contributed by atoms with Gasteiger partial charge in [0.05, 0.1) is 12.5 Å². The van der Waals surface area contributed by atoms with Crippen LogP contribution in [-0.2, 0) is 9.53 Å². The van der Waals surface area contributed by atoms with Gasteiger partial charge in [0.25, 0.3) is 5.91 Å². The number of carbonyl (C=O) groups is 2. The predicted molar refractivity (Wildman–Crippen MR) is 90.5 cm³/mol. The van der Waals surface area contributed by atoms with E-state index in [0.717, 1.165) is 31.3 Å². The summed E-state index contributed by atoms with van der Waals surface area (Å²) in [5.41, 5.74) is 0.877. The van der Waals surface area contributed by atoms with Crippen molar-refractivity contribution in [2.45, 2.75) is 50.7 Å². The van der Waals surface area contributed by atoms with Crippen molar-refractivity contribution < 1.29 is 14.3 Å². The standard InChI is InChI=1S/C18H22N4O3/c1-2-25-18(24)22-12-7-8-13(22)10-11(9-12)19-16-14-5-3-4-6-15(14)17(23)21-20-16/h3-6,11-13,15,19H,2,7-10H2,1H3/t12-,13-,15?/m0/s1. The minimum atomic E-state index is -0.332. The fourth-order valence-electron chi connectivity index (χ4n) is 4.30. The highest BCUT2D eigenvalue weighted by atomic mass is 16.6. The molecule has 132 valence electrons. The van der Waals surface area contributed by atoms with Gasteiger partial charge in [-0.1, -0.05) is 24.3 Å². The van der Waals surface area contributed by atoms with E-state index in [0.29, 0.717) is 12.4 Å². The average Bonchev–Trinajstić information content (AvgIpc) is 2.89. The molecule has 2 bridgehead atoms. The molecule has 1 unspecified atom stereocenters. The van der Waals surface area contributed by atoms with Crippen LogP contribution >= 0.6 is 0 Å². The van der Waals surface area contributed by atoms with Gasteiger partial charge in [0.15, 0.2) is 5.82 Å². The second-order valence-electron chi connectivity index (χ2n) is 6.87. The normalized spacial score (nSPS) is 32.8. The molecule has 4 rings (SSSR count). The second kappa shape index (κ2) is 6.46. The van der Waals surface area contributed by atoms with Crippen molar-refractivity contribution in [3.05, 3.63) is 35.7 Å². The summed E-state index contributed by atoms with van der Waals surface area (Å²) >= 11 is 0. The van der Waals surface area contributed by atoms with Crippen LogP contribution in [0.15, 0.2) is 45.9 Å². The zero-order valence-electron chi connectivity index (χ0n) is 14.2. The molecule has 0 radical (unpaired) electrons. The van der Waals surface area contributed by atoms with Gasteiger partial charge in [0, 0.05) is 23.7 Å². The molecule has 0 aromatic carbocycles. The maximum absolute atomic E-state index is 12.2. The molecule has 3 atom stereocenters. The Hall–Kier alpha value is -2.44. The fraction of sp³-hybridized carbons (Fsp3) is 0.556. The molecule has 0 aromatic rings. The first-order valence-electron chi connectivity index (χ1n) is 8.93. The lowest BCUT2D eigenvalue weighted by molar-refractivity contribution is -0.120. The highest BCUT2D eigenvalue weighted by Crippen LogP contribution is 2.37. The maximum Gasteiger partial charge on any atom is 0.410 e. The lowest BCUT2D eigenvalue weighted by atomic mass is 9.92. The molecule has 3 heterocycles. The maximum atomic E-state index is 12.2. The number of amides is 2. The van der Waals surface area contributed by atoms with Crippen molar-refractivity contribution in [2.75, 3.05) is 6.61 Å². The van der Waals surface area contributed by atoms with Gasteiger partial charge in [-0.3, -0.25) is 4.79 Å². The number of rotatable bonds is 3. The molecule has 2 amide bonds. The van der Waals surface area contributed by atoms with E-state index in [4.69, 9.17) is 4.74 Å². The van der Waals surface area contributed by atoms with Crippen LogP contribution in [0.25, 0.3) is 0 Å². The van der Waals surface area contributed by atoms with Gasteiger partial charge in [-0.2, -0.15) is 0 Å². The Balaban J connectivity index is 1.48. The van der Waals surface area contributed by atoms with Crippen molar-refractivity contribution in [3.63, 3.8) is 0 Å². The van der Waals surface area contributed by atoms with Gasteiger partial charge in [0.1, 0.15) is 0 Å². The van der Waals surface area contributed by atoms with E-state index in [1.807, 2.05) is 36.1 Å². The summed E-state index contributed by atoms with van der Waals surface area (Å²) in [7, 11) is 0. The summed E-state index contributed by atoms with van der Waals surface area (Å²) in [5.74, 6) is 0.124. The van der Waals surface area contributed by atoms with Crippen LogP contribution in [0.2, 0.25) is 0 Å². The Morgan fingerprint density at radius 3 is 2.76 bits per heavy atom. The van der Waals surface area contributed by atoms with E-state index in [-0.39, 0.29) is 36.0 Å². The number of azo groups is 1. The van der Waals surface area contributed by atoms with E-state index in [2.05, 4.69) is 15.5 Å². The van der Waals surface area contributed by atoms with Gasteiger partial charge in [-0.15, -0.1) is 10.2 Å². The Bertz CT molecular complexity index is 695. The van der Waals surface area contributed by atoms with Crippen LogP contribution in [-0.4, -0.2) is 41.6 Å². The molecule has 7 nitrogen and oxygen atoms in total. The molecular weight excluding hydrogens is 320 g/mol. The van der Waals surface area contributed by atoms with Gasteiger partial charge in [-0.25, -0.2) is 4.79 Å². The summed E-state index contributed by atoms with van der Waals surface area (Å²) < 4.78 is 5.20. The summed E-state index contributed by atoms with van der Waals surface area (Å²) in [5, 5.41) is 11.3. The minimum absolute atomic E-state index is 0.196. The molecule has 2 fully saturated rings. The highest BCUT2D eigenvalue weighted by Gasteiger charge is 2.44. The molecular formula is C18H22N4O3. The third-order valence-electron chi connectivity index (χ3n) is 5.37. The SMILES string of the molecule is CCOC(=O)N1[C@H]2CC[C@H]1CC(NC1=C3C=CC=CC3C(=O)N=N1)C2. The Morgan fingerprint density at radius 1 is 1.28 bits per heavy atom. The van der Waals surface area contributed by atoms with Crippen molar-refractivity contribution in [3.8, 4) is 0 Å². The molecule has 0 aromatic heterocycles. The van der Waals surface area contributed by atoms with Crippen molar-refractivity contribution >= 4 is 12.0 Å². The molecule has 3 aliphatic heterocycles. The van der Waals surface area contributed by atoms with E-state index in [9.17, 15) is 9.59 Å². The summed E-state index contributed by atoms with van der Waals surface area (Å²) in [6, 6.07) is 0.638. The van der Waals surface area contributed by atoms with Gasteiger partial charge < -0.3 is 15.0 Å². The first-order chi connectivity index (χ1) is 12.2. The highest BCUT2D eigenvalue weighted by molar-refractivity contribution is 5.86. The number of hydrogen-bond donors (Lipinski definition) is 1. The van der Waals surface area contributed by atoms with Crippen LogP contribution in [0.3, 0.4) is 0 Å². The molecule has 1 aliphatic carbocycles. The number of nitrogens with zero attached hydrogens (tertiary/aromatic N) is 3. The summed E-state index contributed by atoms with van der Waals surface area (Å²) in [4.78, 5) is 26.0. The van der Waals surface area contributed by atoms with Crippen LogP contribution in [0.1, 0.15) is 32.6 Å². The smallest absolute Gasteiger partial charge is 0.410 e. The lowest BCUT2D eigenvalue weighted by Crippen LogP contribution is -2.51. The van der Waals surface area contributed by atoms with E-state index in [1.54, 1.807) is 0 Å². The summed E-state index contributed by atoms with van der Waals surface area (Å²) in [6.07, 6.45) is 11.1. The number of ether oxygens (including phenoxy) is 1. The number of piperidine rings is 1. The topological polar surface area (TPSA) is 83.4 Å². The first kappa shape index (κ1) is 16.1. The summed E-state index contributed by atoms with van der Waals surface area (Å²) in [6.45, 7) is 2.24. The van der Waals surface area contributed by atoms with E-state index in [1.165, 1.54) is 0 Å². The Morgan fingerprint density at radius 2 is 2.04 bits per heavy atom.